The third kappa shape index (κ3) is 4.00. The van der Waals surface area contributed by atoms with Gasteiger partial charge >= 0.3 is 0 Å². The lowest BCUT2D eigenvalue weighted by Gasteiger charge is -2.27. The summed E-state index contributed by atoms with van der Waals surface area (Å²) in [4.78, 5) is 0. The molecule has 1 aromatic carbocycles. The number of ether oxygens (including phenoxy) is 1. The Balaban J connectivity index is 1.68. The van der Waals surface area contributed by atoms with E-state index >= 15 is 0 Å². The van der Waals surface area contributed by atoms with Crippen molar-refractivity contribution in [2.45, 2.75) is 44.8 Å². The van der Waals surface area contributed by atoms with Crippen molar-refractivity contribution in [1.82, 2.24) is 5.32 Å². The highest BCUT2D eigenvalue weighted by molar-refractivity contribution is 5.28. The normalized spacial score (nSPS) is 17.2. The highest BCUT2D eigenvalue weighted by Gasteiger charge is 2.17. The number of benzene rings is 1. The summed E-state index contributed by atoms with van der Waals surface area (Å²) >= 11 is 0. The monoisotopic (exact) mass is 249 g/mol. The van der Waals surface area contributed by atoms with Gasteiger partial charge in [-0.05, 0) is 37.0 Å². The Morgan fingerprint density at radius 3 is 2.94 bits per heavy atom. The number of aryl methyl sites for hydroxylation is 1. The average molecular weight is 249 g/mol. The molecule has 1 aliphatic rings. The Morgan fingerprint density at radius 1 is 1.44 bits per heavy atom. The zero-order valence-corrected chi connectivity index (χ0v) is 11.1. The van der Waals surface area contributed by atoms with Crippen LogP contribution in [-0.2, 0) is 6.42 Å². The quantitative estimate of drug-likeness (QED) is 0.778. The molecule has 1 aliphatic carbocycles. The number of nitrogens with one attached hydrogen (secondary N) is 1. The summed E-state index contributed by atoms with van der Waals surface area (Å²) in [5.41, 5.74) is 1.26. The number of hydrogen-bond donors (Lipinski definition) is 2. The number of hydrogen-bond acceptors (Lipinski definition) is 3. The fourth-order valence-electron chi connectivity index (χ4n) is 2.02. The molecule has 0 radical (unpaired) electrons. The van der Waals surface area contributed by atoms with Crippen molar-refractivity contribution in [2.24, 2.45) is 0 Å². The van der Waals surface area contributed by atoms with Crippen LogP contribution in [0.3, 0.4) is 0 Å². The molecule has 1 saturated carbocycles. The van der Waals surface area contributed by atoms with Gasteiger partial charge in [-0.1, -0.05) is 25.5 Å². The molecule has 0 saturated heterocycles. The lowest BCUT2D eigenvalue weighted by Crippen LogP contribution is -2.41. The predicted molar refractivity (Wildman–Crippen MR) is 73.0 cm³/mol. The van der Waals surface area contributed by atoms with Gasteiger partial charge in [-0.25, -0.2) is 0 Å². The molecular formula is C15H23NO2. The van der Waals surface area contributed by atoms with Gasteiger partial charge in [0.25, 0.3) is 0 Å². The van der Waals surface area contributed by atoms with E-state index in [1.807, 2.05) is 18.2 Å². The third-order valence-corrected chi connectivity index (χ3v) is 3.50. The zero-order chi connectivity index (χ0) is 12.8. The molecule has 3 heteroatoms. The SMILES string of the molecule is CCc1cccc(OCC(O)CNC2CCC2)c1. The number of aliphatic hydroxyl groups excluding tert-OH is 1. The summed E-state index contributed by atoms with van der Waals surface area (Å²) in [7, 11) is 0. The molecular weight excluding hydrogens is 226 g/mol. The van der Waals surface area contributed by atoms with Gasteiger partial charge in [-0.15, -0.1) is 0 Å². The molecule has 0 heterocycles. The van der Waals surface area contributed by atoms with Crippen LogP contribution in [0.2, 0.25) is 0 Å². The maximum Gasteiger partial charge on any atom is 0.119 e. The first-order valence-electron chi connectivity index (χ1n) is 6.91. The van der Waals surface area contributed by atoms with Crippen LogP contribution < -0.4 is 10.1 Å². The van der Waals surface area contributed by atoms with E-state index in [1.54, 1.807) is 0 Å². The van der Waals surface area contributed by atoms with Crippen LogP contribution in [0.1, 0.15) is 31.7 Å². The predicted octanol–water partition coefficient (Wildman–Crippen LogP) is 2.13. The summed E-state index contributed by atoms with van der Waals surface area (Å²) in [6.45, 7) is 3.10. The molecule has 0 spiro atoms. The van der Waals surface area contributed by atoms with Gasteiger partial charge in [0, 0.05) is 12.6 Å². The number of aliphatic hydroxyl groups is 1. The van der Waals surface area contributed by atoms with Crippen LogP contribution >= 0.6 is 0 Å². The minimum atomic E-state index is -0.434. The molecule has 18 heavy (non-hydrogen) atoms. The van der Waals surface area contributed by atoms with E-state index in [2.05, 4.69) is 18.3 Å². The molecule has 0 aliphatic heterocycles. The van der Waals surface area contributed by atoms with E-state index in [0.29, 0.717) is 19.2 Å². The van der Waals surface area contributed by atoms with Crippen molar-refractivity contribution in [3.8, 4) is 5.75 Å². The van der Waals surface area contributed by atoms with E-state index in [9.17, 15) is 5.11 Å². The molecule has 1 unspecified atom stereocenters. The van der Waals surface area contributed by atoms with Gasteiger partial charge in [0.15, 0.2) is 0 Å². The summed E-state index contributed by atoms with van der Waals surface area (Å²) < 4.78 is 5.60. The van der Waals surface area contributed by atoms with E-state index in [4.69, 9.17) is 4.74 Å². The van der Waals surface area contributed by atoms with Crippen molar-refractivity contribution in [1.29, 1.82) is 0 Å². The minimum Gasteiger partial charge on any atom is -0.491 e. The lowest BCUT2D eigenvalue weighted by molar-refractivity contribution is 0.0996. The Morgan fingerprint density at radius 2 is 2.28 bits per heavy atom. The molecule has 1 fully saturated rings. The molecule has 0 amide bonds. The Bertz CT molecular complexity index is 363. The van der Waals surface area contributed by atoms with Gasteiger partial charge in [-0.2, -0.15) is 0 Å². The summed E-state index contributed by atoms with van der Waals surface area (Å²) in [6.07, 6.45) is 4.37. The molecule has 1 atom stereocenters. The van der Waals surface area contributed by atoms with Crippen LogP contribution in [0.15, 0.2) is 24.3 Å². The molecule has 100 valence electrons. The summed E-state index contributed by atoms with van der Waals surface area (Å²) in [6, 6.07) is 8.66. The molecule has 0 aromatic heterocycles. The molecule has 2 N–H and O–H groups in total. The van der Waals surface area contributed by atoms with Gasteiger partial charge in [0.2, 0.25) is 0 Å². The van der Waals surface area contributed by atoms with E-state index in [1.165, 1.54) is 24.8 Å². The third-order valence-electron chi connectivity index (χ3n) is 3.50. The highest BCUT2D eigenvalue weighted by atomic mass is 16.5. The van der Waals surface area contributed by atoms with Crippen LogP contribution in [-0.4, -0.2) is 30.4 Å². The molecule has 0 bridgehead atoms. The van der Waals surface area contributed by atoms with Crippen molar-refractivity contribution in [3.63, 3.8) is 0 Å². The van der Waals surface area contributed by atoms with Crippen LogP contribution in [0.25, 0.3) is 0 Å². The molecule has 3 nitrogen and oxygen atoms in total. The second-order valence-corrected chi connectivity index (χ2v) is 5.00. The first-order chi connectivity index (χ1) is 8.78. The fourth-order valence-corrected chi connectivity index (χ4v) is 2.02. The average Bonchev–Trinajstić information content (AvgIpc) is 2.35. The summed E-state index contributed by atoms with van der Waals surface area (Å²) in [5.74, 6) is 0.844. The second kappa shape index (κ2) is 6.76. The Kier molecular flexibility index (Phi) is 5.02. The highest BCUT2D eigenvalue weighted by Crippen LogP contribution is 2.18. The van der Waals surface area contributed by atoms with E-state index in [0.717, 1.165) is 12.2 Å². The minimum absolute atomic E-state index is 0.354. The van der Waals surface area contributed by atoms with Gasteiger partial charge in [-0.3, -0.25) is 0 Å². The first kappa shape index (κ1) is 13.4. The van der Waals surface area contributed by atoms with E-state index in [-0.39, 0.29) is 0 Å². The largest absolute Gasteiger partial charge is 0.491 e. The van der Waals surface area contributed by atoms with Crippen molar-refractivity contribution < 1.29 is 9.84 Å². The summed E-state index contributed by atoms with van der Waals surface area (Å²) in [5, 5.41) is 13.2. The topological polar surface area (TPSA) is 41.5 Å². The van der Waals surface area contributed by atoms with Crippen molar-refractivity contribution >= 4 is 0 Å². The van der Waals surface area contributed by atoms with Gasteiger partial charge in [0.1, 0.15) is 18.5 Å². The number of rotatable bonds is 7. The molecule has 1 aromatic rings. The second-order valence-electron chi connectivity index (χ2n) is 5.00. The standard InChI is InChI=1S/C15H23NO2/c1-2-12-5-3-8-15(9-12)18-11-14(17)10-16-13-6-4-7-13/h3,5,8-9,13-14,16-17H,2,4,6-7,10-11H2,1H3. The maximum atomic E-state index is 9.82. The van der Waals surface area contributed by atoms with Gasteiger partial charge < -0.3 is 15.2 Å². The lowest BCUT2D eigenvalue weighted by atomic mass is 9.93. The van der Waals surface area contributed by atoms with Crippen molar-refractivity contribution in [3.05, 3.63) is 29.8 Å². The van der Waals surface area contributed by atoms with Crippen molar-refractivity contribution in [2.75, 3.05) is 13.2 Å². The fraction of sp³-hybridized carbons (Fsp3) is 0.600. The molecule has 2 rings (SSSR count). The van der Waals surface area contributed by atoms with Crippen LogP contribution in [0.5, 0.6) is 5.75 Å². The van der Waals surface area contributed by atoms with Gasteiger partial charge in [0.05, 0.1) is 0 Å². The smallest absolute Gasteiger partial charge is 0.119 e. The maximum absolute atomic E-state index is 9.82. The first-order valence-corrected chi connectivity index (χ1v) is 6.91. The Hall–Kier alpha value is -1.06. The van der Waals surface area contributed by atoms with Crippen LogP contribution in [0.4, 0.5) is 0 Å². The Labute approximate surface area is 109 Å². The van der Waals surface area contributed by atoms with E-state index < -0.39 is 6.10 Å². The zero-order valence-electron chi connectivity index (χ0n) is 11.1. The van der Waals surface area contributed by atoms with Crippen LogP contribution in [0, 0.1) is 0 Å².